The first-order valence-electron chi connectivity index (χ1n) is 9.25. The standard InChI is InChI=1S/C18H29O4P/c1-18-9-8-14-13-5-3-12(23(20,21)22)10-11(13)2-4-15(14)16(18)6-7-17(18)19/h10-11,13-17,19H,2-9H2,1H3,(H2,20,21,22)/t11-,13-,14+,15+,16-,17-,18-/m0/s1. The molecule has 0 heterocycles. The molecule has 5 heteroatoms. The summed E-state index contributed by atoms with van der Waals surface area (Å²) < 4.78 is 11.6. The number of hydrogen-bond donors (Lipinski definition) is 3. The van der Waals surface area contributed by atoms with Gasteiger partial charge in [-0.15, -0.1) is 0 Å². The van der Waals surface area contributed by atoms with Gasteiger partial charge in [-0.05, 0) is 86.4 Å². The Labute approximate surface area is 138 Å². The number of hydrogen-bond acceptors (Lipinski definition) is 2. The molecule has 0 aromatic rings. The predicted octanol–water partition coefficient (Wildman–Crippen LogP) is 3.67. The van der Waals surface area contributed by atoms with Crippen molar-refractivity contribution in [3.63, 3.8) is 0 Å². The van der Waals surface area contributed by atoms with Crippen LogP contribution in [0.15, 0.2) is 11.4 Å². The van der Waals surface area contributed by atoms with Gasteiger partial charge in [0.15, 0.2) is 0 Å². The van der Waals surface area contributed by atoms with E-state index in [9.17, 15) is 19.5 Å². The zero-order valence-corrected chi connectivity index (χ0v) is 14.8. The zero-order chi connectivity index (χ0) is 16.4. The molecule has 0 aromatic carbocycles. The lowest BCUT2D eigenvalue weighted by molar-refractivity contribution is -0.0710. The highest BCUT2D eigenvalue weighted by Crippen LogP contribution is 2.63. The van der Waals surface area contributed by atoms with Crippen LogP contribution >= 0.6 is 7.60 Å². The minimum absolute atomic E-state index is 0.121. The Bertz CT molecular complexity index is 567. The first-order chi connectivity index (χ1) is 10.8. The average molecular weight is 340 g/mol. The number of rotatable bonds is 1. The predicted molar refractivity (Wildman–Crippen MR) is 88.6 cm³/mol. The highest BCUT2D eigenvalue weighted by molar-refractivity contribution is 7.56. The maximum atomic E-state index is 11.6. The first-order valence-corrected chi connectivity index (χ1v) is 10.9. The van der Waals surface area contributed by atoms with Gasteiger partial charge in [0.25, 0.3) is 0 Å². The Kier molecular flexibility index (Phi) is 3.85. The van der Waals surface area contributed by atoms with E-state index in [2.05, 4.69) is 6.92 Å². The van der Waals surface area contributed by atoms with E-state index in [0.717, 1.165) is 31.6 Å². The molecular weight excluding hydrogens is 311 g/mol. The topological polar surface area (TPSA) is 77.8 Å². The number of fused-ring (bicyclic) bond motifs is 5. The maximum absolute atomic E-state index is 11.6. The van der Waals surface area contributed by atoms with Gasteiger partial charge in [-0.3, -0.25) is 4.57 Å². The van der Waals surface area contributed by atoms with E-state index < -0.39 is 7.60 Å². The van der Waals surface area contributed by atoms with Crippen molar-refractivity contribution in [2.45, 2.75) is 64.4 Å². The molecule has 0 unspecified atom stereocenters. The summed E-state index contributed by atoms with van der Waals surface area (Å²) in [4.78, 5) is 18.9. The molecule has 0 spiro atoms. The molecule has 3 N–H and O–H groups in total. The van der Waals surface area contributed by atoms with E-state index in [-0.39, 0.29) is 11.5 Å². The van der Waals surface area contributed by atoms with E-state index in [1.807, 2.05) is 6.08 Å². The van der Waals surface area contributed by atoms with Gasteiger partial charge < -0.3 is 14.9 Å². The molecule has 4 aliphatic rings. The van der Waals surface area contributed by atoms with Gasteiger partial charge >= 0.3 is 7.60 Å². The molecular formula is C18H29O4P. The van der Waals surface area contributed by atoms with Gasteiger partial charge in [0.05, 0.1) is 6.10 Å². The number of aliphatic hydroxyl groups excluding tert-OH is 1. The SMILES string of the molecule is C[C@]12CC[C@@H]3[C@H]4CCC(P(=O)(O)O)=C[C@@H]4CC[C@H]3[C@@H]1CC[C@@H]2O. The highest BCUT2D eigenvalue weighted by atomic mass is 31.2. The monoisotopic (exact) mass is 340 g/mol. The fourth-order valence-electron chi connectivity index (χ4n) is 6.68. The van der Waals surface area contributed by atoms with Crippen molar-refractivity contribution >= 4 is 7.60 Å². The van der Waals surface area contributed by atoms with Crippen molar-refractivity contribution in [1.29, 1.82) is 0 Å². The molecule has 0 aliphatic heterocycles. The van der Waals surface area contributed by atoms with Crippen LogP contribution < -0.4 is 0 Å². The third kappa shape index (κ3) is 2.49. The van der Waals surface area contributed by atoms with Crippen LogP contribution in [-0.4, -0.2) is 21.0 Å². The largest absolute Gasteiger partial charge is 0.393 e. The Hall–Kier alpha value is -0.150. The quantitative estimate of drug-likeness (QED) is 0.637. The molecule has 130 valence electrons. The van der Waals surface area contributed by atoms with Crippen molar-refractivity contribution < 1.29 is 19.5 Å². The van der Waals surface area contributed by atoms with E-state index in [1.165, 1.54) is 19.3 Å². The smallest absolute Gasteiger partial charge is 0.351 e. The molecule has 0 aromatic heterocycles. The Morgan fingerprint density at radius 1 is 1.04 bits per heavy atom. The van der Waals surface area contributed by atoms with Crippen LogP contribution in [0.2, 0.25) is 0 Å². The molecule has 3 saturated carbocycles. The lowest BCUT2D eigenvalue weighted by atomic mass is 9.51. The summed E-state index contributed by atoms with van der Waals surface area (Å²) in [6.07, 6.45) is 9.99. The van der Waals surface area contributed by atoms with Crippen LogP contribution in [0.1, 0.15) is 58.3 Å². The Morgan fingerprint density at radius 3 is 2.57 bits per heavy atom. The lowest BCUT2D eigenvalue weighted by Gasteiger charge is -2.54. The molecule has 0 saturated heterocycles. The third-order valence-electron chi connectivity index (χ3n) is 7.89. The van der Waals surface area contributed by atoms with Gasteiger partial charge in [-0.2, -0.15) is 0 Å². The summed E-state index contributed by atoms with van der Waals surface area (Å²) in [5.41, 5.74) is 0.121. The van der Waals surface area contributed by atoms with Crippen LogP contribution in [0.3, 0.4) is 0 Å². The van der Waals surface area contributed by atoms with Gasteiger partial charge in [0.1, 0.15) is 0 Å². The maximum Gasteiger partial charge on any atom is 0.351 e. The lowest BCUT2D eigenvalue weighted by Crippen LogP contribution is -2.48. The number of aliphatic hydroxyl groups is 1. The molecule has 0 radical (unpaired) electrons. The van der Waals surface area contributed by atoms with Crippen molar-refractivity contribution in [2.75, 3.05) is 0 Å². The average Bonchev–Trinajstić information content (AvgIpc) is 2.81. The Morgan fingerprint density at radius 2 is 1.83 bits per heavy atom. The van der Waals surface area contributed by atoms with Gasteiger partial charge in [0.2, 0.25) is 0 Å². The molecule has 0 bridgehead atoms. The summed E-state index contributed by atoms with van der Waals surface area (Å²) >= 11 is 0. The normalized spacial score (nSPS) is 49.8. The fraction of sp³-hybridized carbons (Fsp3) is 0.889. The fourth-order valence-corrected chi connectivity index (χ4v) is 7.48. The second-order valence-corrected chi connectivity index (χ2v) is 10.4. The second kappa shape index (κ2) is 5.42. The summed E-state index contributed by atoms with van der Waals surface area (Å²) in [6.45, 7) is 2.30. The summed E-state index contributed by atoms with van der Waals surface area (Å²) in [6, 6.07) is 0. The second-order valence-electron chi connectivity index (χ2n) is 8.72. The van der Waals surface area contributed by atoms with E-state index in [0.29, 0.717) is 35.4 Å². The van der Waals surface area contributed by atoms with E-state index in [4.69, 9.17) is 0 Å². The van der Waals surface area contributed by atoms with Crippen LogP contribution in [-0.2, 0) is 4.57 Å². The van der Waals surface area contributed by atoms with Crippen LogP contribution in [0.25, 0.3) is 0 Å². The van der Waals surface area contributed by atoms with Crippen molar-refractivity contribution in [3.05, 3.63) is 11.4 Å². The molecule has 4 aliphatic carbocycles. The summed E-state index contributed by atoms with van der Waals surface area (Å²) in [7, 11) is -4.05. The molecule has 4 nitrogen and oxygen atoms in total. The zero-order valence-electron chi connectivity index (χ0n) is 13.9. The van der Waals surface area contributed by atoms with Crippen molar-refractivity contribution in [3.8, 4) is 0 Å². The minimum Gasteiger partial charge on any atom is -0.393 e. The minimum atomic E-state index is -4.05. The molecule has 3 fully saturated rings. The van der Waals surface area contributed by atoms with Gasteiger partial charge in [-0.1, -0.05) is 13.0 Å². The van der Waals surface area contributed by atoms with E-state index in [1.54, 1.807) is 0 Å². The summed E-state index contributed by atoms with van der Waals surface area (Å²) in [5.74, 6) is 3.04. The van der Waals surface area contributed by atoms with Gasteiger partial charge in [-0.25, -0.2) is 0 Å². The molecule has 7 atom stereocenters. The molecule has 23 heavy (non-hydrogen) atoms. The van der Waals surface area contributed by atoms with Crippen molar-refractivity contribution in [2.24, 2.45) is 35.0 Å². The molecule has 0 amide bonds. The highest BCUT2D eigenvalue weighted by Gasteiger charge is 2.56. The van der Waals surface area contributed by atoms with E-state index >= 15 is 0 Å². The third-order valence-corrected chi connectivity index (χ3v) is 9.01. The Balaban J connectivity index is 1.57. The van der Waals surface area contributed by atoms with Crippen LogP contribution in [0, 0.1) is 35.0 Å². The molecule has 4 rings (SSSR count). The number of allylic oxidation sites excluding steroid dienone is 2. The van der Waals surface area contributed by atoms with Crippen molar-refractivity contribution in [1.82, 2.24) is 0 Å². The summed E-state index contributed by atoms with van der Waals surface area (Å²) in [5, 5.41) is 10.8. The van der Waals surface area contributed by atoms with Crippen LogP contribution in [0.5, 0.6) is 0 Å². The van der Waals surface area contributed by atoms with Gasteiger partial charge in [0, 0.05) is 5.31 Å². The first kappa shape index (κ1) is 16.3. The van der Waals surface area contributed by atoms with Crippen LogP contribution in [0.4, 0.5) is 0 Å².